The maximum atomic E-state index is 10.2. The molecule has 47 valence electrons. The summed E-state index contributed by atoms with van der Waals surface area (Å²) in [5.74, 6) is 0. The van der Waals surface area contributed by atoms with Gasteiger partial charge < -0.3 is 4.89 Å². The molecule has 0 saturated heterocycles. The van der Waals surface area contributed by atoms with Crippen molar-refractivity contribution in [1.82, 2.24) is 0 Å². The number of benzene rings is 1. The van der Waals surface area contributed by atoms with Crippen LogP contribution in [-0.2, 0) is 4.57 Å². The number of hydrogen-bond acceptors (Lipinski definition) is 2. The first-order valence-corrected chi connectivity index (χ1v) is 3.68. The third-order valence-electron chi connectivity index (χ3n) is 0.967. The summed E-state index contributed by atoms with van der Waals surface area (Å²) in [6.07, 6.45) is 0. The molecule has 1 rings (SSSR count). The topological polar surface area (TPSA) is 40.1 Å². The molecule has 1 unspecified atom stereocenters. The van der Waals surface area contributed by atoms with Gasteiger partial charge in [-0.05, 0) is 12.1 Å². The van der Waals surface area contributed by atoms with Crippen LogP contribution in [-0.4, -0.2) is 0 Å². The quantitative estimate of drug-likeness (QED) is 0.337. The Morgan fingerprint density at radius 3 is 2.00 bits per heavy atom. The van der Waals surface area contributed by atoms with Crippen LogP contribution >= 0.6 is 8.03 Å². The first kappa shape index (κ1) is 10.3. The van der Waals surface area contributed by atoms with E-state index in [1.165, 1.54) is 0 Å². The molecule has 0 spiro atoms. The zero-order chi connectivity index (χ0) is 6.69. The average Bonchev–Trinajstić information content (AvgIpc) is 1.90. The van der Waals surface area contributed by atoms with E-state index in [4.69, 9.17) is 0 Å². The Morgan fingerprint density at radius 2 is 1.70 bits per heavy atom. The second kappa shape index (κ2) is 5.00. The minimum Gasteiger partial charge on any atom is -0.776 e. The van der Waals surface area contributed by atoms with Gasteiger partial charge in [-0.2, -0.15) is 0 Å². The molecular formula is C6H5NaO2P. The van der Waals surface area contributed by atoms with E-state index in [1.807, 2.05) is 0 Å². The molecule has 0 aliphatic carbocycles. The van der Waals surface area contributed by atoms with Crippen molar-refractivity contribution in [2.24, 2.45) is 0 Å². The van der Waals surface area contributed by atoms with Crippen molar-refractivity contribution >= 4 is 13.3 Å². The molecule has 4 heteroatoms. The maximum absolute atomic E-state index is 10.2. The van der Waals surface area contributed by atoms with Gasteiger partial charge in [0, 0.05) is 13.3 Å². The molecule has 1 radical (unpaired) electrons. The Hall–Kier alpha value is 0.280. The van der Waals surface area contributed by atoms with E-state index in [2.05, 4.69) is 0 Å². The summed E-state index contributed by atoms with van der Waals surface area (Å²) >= 11 is 0. The summed E-state index contributed by atoms with van der Waals surface area (Å²) in [5.41, 5.74) is 0. The SMILES string of the molecule is O=[P]([O-])c1ccccc1.[Na+]. The third kappa shape index (κ3) is 2.91. The fourth-order valence-electron chi connectivity index (χ4n) is 0.550. The van der Waals surface area contributed by atoms with Crippen LogP contribution in [0, 0.1) is 0 Å². The molecule has 2 nitrogen and oxygen atoms in total. The Bertz CT molecular complexity index is 212. The van der Waals surface area contributed by atoms with E-state index in [0.29, 0.717) is 5.30 Å². The van der Waals surface area contributed by atoms with Gasteiger partial charge >= 0.3 is 29.6 Å². The van der Waals surface area contributed by atoms with Crippen molar-refractivity contribution in [2.45, 2.75) is 0 Å². The Morgan fingerprint density at radius 1 is 1.20 bits per heavy atom. The predicted octanol–water partition coefficient (Wildman–Crippen LogP) is -2.58. The summed E-state index contributed by atoms with van der Waals surface area (Å²) in [6.45, 7) is 0. The standard InChI is InChI=1S/C6H5O2P.Na/c7-9(8)6-4-2-1-3-5-6;/h1-5H;/q-1;+1. The average molecular weight is 163 g/mol. The Kier molecular flexibility index (Phi) is 5.14. The van der Waals surface area contributed by atoms with E-state index in [9.17, 15) is 9.46 Å². The molecule has 10 heavy (non-hydrogen) atoms. The van der Waals surface area contributed by atoms with Gasteiger partial charge in [-0.3, -0.25) is 4.57 Å². The molecule has 0 bridgehead atoms. The molecule has 0 N–H and O–H groups in total. The molecule has 0 amide bonds. The Labute approximate surface area is 82.4 Å². The zero-order valence-corrected chi connectivity index (χ0v) is 8.54. The fraction of sp³-hybridized carbons (Fsp3) is 0. The van der Waals surface area contributed by atoms with Crippen LogP contribution in [0.25, 0.3) is 0 Å². The minimum atomic E-state index is -2.40. The van der Waals surface area contributed by atoms with Gasteiger partial charge in [0.1, 0.15) is 0 Å². The van der Waals surface area contributed by atoms with Gasteiger partial charge in [0.25, 0.3) is 0 Å². The minimum absolute atomic E-state index is 0. The molecular weight excluding hydrogens is 158 g/mol. The smallest absolute Gasteiger partial charge is 0.776 e. The third-order valence-corrected chi connectivity index (χ3v) is 1.69. The van der Waals surface area contributed by atoms with E-state index < -0.39 is 8.03 Å². The van der Waals surface area contributed by atoms with E-state index in [1.54, 1.807) is 30.3 Å². The summed E-state index contributed by atoms with van der Waals surface area (Å²) in [6, 6.07) is 8.29. The summed E-state index contributed by atoms with van der Waals surface area (Å²) in [4.78, 5) is 10.2. The molecule has 0 aliphatic rings. The van der Waals surface area contributed by atoms with E-state index in [-0.39, 0.29) is 29.6 Å². The largest absolute Gasteiger partial charge is 1.00 e. The van der Waals surface area contributed by atoms with Crippen molar-refractivity contribution in [2.75, 3.05) is 0 Å². The molecule has 0 aliphatic heterocycles. The van der Waals surface area contributed by atoms with Gasteiger partial charge in [-0.15, -0.1) is 0 Å². The van der Waals surface area contributed by atoms with Gasteiger partial charge in [0.05, 0.1) is 0 Å². The van der Waals surface area contributed by atoms with Crippen molar-refractivity contribution in [3.05, 3.63) is 30.3 Å². The molecule has 1 aromatic rings. The normalized spacial score (nSPS) is 9.90. The fourth-order valence-corrected chi connectivity index (χ4v) is 0.965. The zero-order valence-electron chi connectivity index (χ0n) is 5.65. The van der Waals surface area contributed by atoms with Crippen LogP contribution in [0.15, 0.2) is 30.3 Å². The van der Waals surface area contributed by atoms with E-state index in [0.717, 1.165) is 0 Å². The Balaban J connectivity index is 0.000000810. The van der Waals surface area contributed by atoms with Crippen molar-refractivity contribution in [1.29, 1.82) is 0 Å². The van der Waals surface area contributed by atoms with Crippen molar-refractivity contribution in [3.63, 3.8) is 0 Å². The molecule has 0 fully saturated rings. The van der Waals surface area contributed by atoms with Crippen LogP contribution < -0.4 is 39.8 Å². The summed E-state index contributed by atoms with van der Waals surface area (Å²) < 4.78 is 10.2. The molecule has 1 aromatic carbocycles. The van der Waals surface area contributed by atoms with Gasteiger partial charge in [0.15, 0.2) is 0 Å². The van der Waals surface area contributed by atoms with Gasteiger partial charge in [-0.1, -0.05) is 18.2 Å². The van der Waals surface area contributed by atoms with Crippen molar-refractivity contribution in [3.8, 4) is 0 Å². The number of hydrogen-bond donors (Lipinski definition) is 0. The second-order valence-electron chi connectivity index (χ2n) is 1.59. The molecule has 0 aromatic heterocycles. The monoisotopic (exact) mass is 163 g/mol. The predicted molar refractivity (Wildman–Crippen MR) is 33.7 cm³/mol. The molecule has 0 saturated carbocycles. The molecule has 0 heterocycles. The van der Waals surface area contributed by atoms with Crippen LogP contribution in [0.5, 0.6) is 0 Å². The number of rotatable bonds is 1. The first-order valence-electron chi connectivity index (χ1n) is 2.50. The van der Waals surface area contributed by atoms with Gasteiger partial charge in [-0.25, -0.2) is 0 Å². The van der Waals surface area contributed by atoms with Gasteiger partial charge in [0.2, 0.25) is 0 Å². The van der Waals surface area contributed by atoms with Crippen molar-refractivity contribution < 1.29 is 39.0 Å². The second-order valence-corrected chi connectivity index (χ2v) is 2.62. The van der Waals surface area contributed by atoms with Crippen LogP contribution in [0.2, 0.25) is 0 Å². The summed E-state index contributed by atoms with van der Waals surface area (Å²) in [5, 5.41) is 0.368. The van der Waals surface area contributed by atoms with Crippen LogP contribution in [0.4, 0.5) is 0 Å². The maximum Gasteiger partial charge on any atom is 1.00 e. The van der Waals surface area contributed by atoms with Crippen LogP contribution in [0.1, 0.15) is 0 Å². The van der Waals surface area contributed by atoms with E-state index >= 15 is 0 Å². The van der Waals surface area contributed by atoms with Crippen LogP contribution in [0.3, 0.4) is 0 Å². The molecule has 1 atom stereocenters. The summed E-state index contributed by atoms with van der Waals surface area (Å²) in [7, 11) is -2.40. The first-order chi connectivity index (χ1) is 4.30.